The first-order valence-corrected chi connectivity index (χ1v) is 4.02. The van der Waals surface area contributed by atoms with E-state index in [1.807, 2.05) is 6.92 Å². The molecular formula is C9H15NO2. The highest BCUT2D eigenvalue weighted by atomic mass is 16.5. The lowest BCUT2D eigenvalue weighted by Crippen LogP contribution is -2.18. The Balaban J connectivity index is 3.33. The molecule has 0 aliphatic carbocycles. The van der Waals surface area contributed by atoms with Crippen LogP contribution in [-0.4, -0.2) is 12.7 Å². The van der Waals surface area contributed by atoms with Crippen molar-refractivity contribution in [3.8, 4) is 0 Å². The van der Waals surface area contributed by atoms with Crippen LogP contribution in [0.3, 0.4) is 0 Å². The summed E-state index contributed by atoms with van der Waals surface area (Å²) >= 11 is 0. The third-order valence-electron chi connectivity index (χ3n) is 1.16. The molecule has 0 spiro atoms. The monoisotopic (exact) mass is 169 g/mol. The summed E-state index contributed by atoms with van der Waals surface area (Å²) in [6, 6.07) is 0. The van der Waals surface area contributed by atoms with Gasteiger partial charge >= 0.3 is 6.09 Å². The zero-order valence-corrected chi connectivity index (χ0v) is 7.38. The first-order chi connectivity index (χ1) is 5.81. The van der Waals surface area contributed by atoms with Crippen LogP contribution in [0.25, 0.3) is 0 Å². The number of nitrogens with one attached hydrogen (secondary N) is 1. The highest BCUT2D eigenvalue weighted by Gasteiger charge is 1.95. The van der Waals surface area contributed by atoms with Crippen LogP contribution in [0.5, 0.6) is 0 Å². The number of allylic oxidation sites excluding steroid dienone is 2. The minimum Gasteiger partial charge on any atom is -0.449 e. The number of hydrogen-bond acceptors (Lipinski definition) is 2. The Kier molecular flexibility index (Phi) is 7.03. The molecule has 0 aliphatic heterocycles. The molecule has 0 aromatic rings. The van der Waals surface area contributed by atoms with E-state index in [1.54, 1.807) is 12.2 Å². The van der Waals surface area contributed by atoms with Gasteiger partial charge in [0.2, 0.25) is 0 Å². The van der Waals surface area contributed by atoms with Crippen molar-refractivity contribution in [1.82, 2.24) is 5.32 Å². The second-order valence-electron chi connectivity index (χ2n) is 2.23. The summed E-state index contributed by atoms with van der Waals surface area (Å²) in [5, 5.41) is 2.43. The molecule has 0 bridgehead atoms. The average Bonchev–Trinajstić information content (AvgIpc) is 2.06. The number of carbonyl (C=O) groups excluding carboxylic acids is 1. The summed E-state index contributed by atoms with van der Waals surface area (Å²) in [5.74, 6) is 0. The van der Waals surface area contributed by atoms with E-state index in [0.29, 0.717) is 6.61 Å². The number of alkyl carbamates (subject to hydrolysis) is 1. The van der Waals surface area contributed by atoms with Gasteiger partial charge in [-0.25, -0.2) is 4.79 Å². The van der Waals surface area contributed by atoms with Crippen molar-refractivity contribution in [3.05, 3.63) is 24.9 Å². The number of hydrogen-bond donors (Lipinski definition) is 1. The standard InChI is InChI=1S/C9H15NO2/c1-3-5-7-10-9(11)12-8-6-4-2/h3,5,7H,1,4,6,8H2,2H3,(H,10,11). The van der Waals surface area contributed by atoms with E-state index in [1.165, 1.54) is 6.20 Å². The number of carbonyl (C=O) groups is 1. The first-order valence-electron chi connectivity index (χ1n) is 4.02. The van der Waals surface area contributed by atoms with Crippen LogP contribution < -0.4 is 5.32 Å². The maximum atomic E-state index is 10.8. The van der Waals surface area contributed by atoms with E-state index < -0.39 is 6.09 Å². The van der Waals surface area contributed by atoms with Crippen molar-refractivity contribution in [1.29, 1.82) is 0 Å². The van der Waals surface area contributed by atoms with Crippen LogP contribution >= 0.6 is 0 Å². The van der Waals surface area contributed by atoms with Crippen molar-refractivity contribution >= 4 is 6.09 Å². The normalized spacial score (nSPS) is 9.75. The van der Waals surface area contributed by atoms with Crippen LogP contribution in [0, 0.1) is 0 Å². The molecular weight excluding hydrogens is 154 g/mol. The summed E-state index contributed by atoms with van der Waals surface area (Å²) in [4.78, 5) is 10.8. The van der Waals surface area contributed by atoms with Crippen molar-refractivity contribution in [2.75, 3.05) is 6.61 Å². The van der Waals surface area contributed by atoms with Gasteiger partial charge in [-0.2, -0.15) is 0 Å². The number of ether oxygens (including phenoxy) is 1. The van der Waals surface area contributed by atoms with Gasteiger partial charge in [-0.3, -0.25) is 5.32 Å². The molecule has 0 saturated heterocycles. The van der Waals surface area contributed by atoms with Gasteiger partial charge in [-0.15, -0.1) is 0 Å². The quantitative estimate of drug-likeness (QED) is 0.506. The number of unbranched alkanes of at least 4 members (excludes halogenated alkanes) is 1. The smallest absolute Gasteiger partial charge is 0.411 e. The van der Waals surface area contributed by atoms with E-state index in [9.17, 15) is 4.79 Å². The average molecular weight is 169 g/mol. The van der Waals surface area contributed by atoms with Crippen molar-refractivity contribution in [3.63, 3.8) is 0 Å². The molecule has 0 heterocycles. The molecule has 0 aromatic heterocycles. The van der Waals surface area contributed by atoms with Crippen LogP contribution in [0.4, 0.5) is 4.79 Å². The van der Waals surface area contributed by atoms with E-state index in [0.717, 1.165) is 12.8 Å². The van der Waals surface area contributed by atoms with Crippen molar-refractivity contribution < 1.29 is 9.53 Å². The lowest BCUT2D eigenvalue weighted by Gasteiger charge is -2.01. The molecule has 0 aromatic carbocycles. The Morgan fingerprint density at radius 3 is 3.00 bits per heavy atom. The van der Waals surface area contributed by atoms with Gasteiger partial charge < -0.3 is 4.74 Å². The third-order valence-corrected chi connectivity index (χ3v) is 1.16. The van der Waals surface area contributed by atoms with Gasteiger partial charge in [-0.1, -0.05) is 26.0 Å². The second kappa shape index (κ2) is 7.85. The molecule has 0 radical (unpaired) electrons. The van der Waals surface area contributed by atoms with E-state index in [-0.39, 0.29) is 0 Å². The van der Waals surface area contributed by atoms with Crippen molar-refractivity contribution in [2.24, 2.45) is 0 Å². The van der Waals surface area contributed by atoms with Crippen LogP contribution in [0.1, 0.15) is 19.8 Å². The fourth-order valence-corrected chi connectivity index (χ4v) is 0.535. The zero-order valence-electron chi connectivity index (χ0n) is 7.38. The van der Waals surface area contributed by atoms with E-state index in [4.69, 9.17) is 4.74 Å². The maximum Gasteiger partial charge on any atom is 0.411 e. The molecule has 0 atom stereocenters. The highest BCUT2D eigenvalue weighted by molar-refractivity contribution is 5.68. The largest absolute Gasteiger partial charge is 0.449 e. The lowest BCUT2D eigenvalue weighted by molar-refractivity contribution is 0.148. The van der Waals surface area contributed by atoms with Crippen LogP contribution in [0.15, 0.2) is 24.9 Å². The zero-order chi connectivity index (χ0) is 9.23. The summed E-state index contributed by atoms with van der Waals surface area (Å²) in [6.45, 7) is 5.97. The minimum absolute atomic E-state index is 0.415. The van der Waals surface area contributed by atoms with Gasteiger partial charge in [0.05, 0.1) is 6.61 Å². The summed E-state index contributed by atoms with van der Waals surface area (Å²) < 4.78 is 4.79. The fourth-order valence-electron chi connectivity index (χ4n) is 0.535. The summed E-state index contributed by atoms with van der Waals surface area (Å²) in [7, 11) is 0. The van der Waals surface area contributed by atoms with Gasteiger partial charge in [0.1, 0.15) is 0 Å². The molecule has 0 fully saturated rings. The molecule has 3 nitrogen and oxygen atoms in total. The van der Waals surface area contributed by atoms with Gasteiger partial charge in [0.25, 0.3) is 0 Å². The topological polar surface area (TPSA) is 38.3 Å². The van der Waals surface area contributed by atoms with E-state index in [2.05, 4.69) is 11.9 Å². The second-order valence-corrected chi connectivity index (χ2v) is 2.23. The molecule has 68 valence electrons. The molecule has 0 aliphatic rings. The van der Waals surface area contributed by atoms with E-state index >= 15 is 0 Å². The maximum absolute atomic E-state index is 10.8. The molecule has 12 heavy (non-hydrogen) atoms. The van der Waals surface area contributed by atoms with Crippen LogP contribution in [0.2, 0.25) is 0 Å². The molecule has 1 amide bonds. The van der Waals surface area contributed by atoms with Gasteiger partial charge in [-0.05, 0) is 12.5 Å². The van der Waals surface area contributed by atoms with Crippen molar-refractivity contribution in [2.45, 2.75) is 19.8 Å². The minimum atomic E-state index is -0.415. The fraction of sp³-hybridized carbons (Fsp3) is 0.444. The molecule has 1 N–H and O–H groups in total. The molecule has 3 heteroatoms. The predicted molar refractivity (Wildman–Crippen MR) is 48.7 cm³/mol. The van der Waals surface area contributed by atoms with Gasteiger partial charge in [0, 0.05) is 6.20 Å². The van der Waals surface area contributed by atoms with Crippen LogP contribution in [-0.2, 0) is 4.74 Å². The Morgan fingerprint density at radius 2 is 2.42 bits per heavy atom. The molecule has 0 unspecified atom stereocenters. The number of rotatable bonds is 5. The Morgan fingerprint density at radius 1 is 1.67 bits per heavy atom. The Labute approximate surface area is 73.1 Å². The Hall–Kier alpha value is -1.25. The lowest BCUT2D eigenvalue weighted by atomic mass is 10.4. The molecule has 0 rings (SSSR count). The first kappa shape index (κ1) is 10.8. The molecule has 0 saturated carbocycles. The Bertz CT molecular complexity index is 164. The highest BCUT2D eigenvalue weighted by Crippen LogP contribution is 1.87. The van der Waals surface area contributed by atoms with Gasteiger partial charge in [0.15, 0.2) is 0 Å². The number of amides is 1. The summed E-state index contributed by atoms with van der Waals surface area (Å²) in [6.07, 6.45) is 6.20. The SMILES string of the molecule is C=CC=CNC(=O)OCCCC. The third kappa shape index (κ3) is 6.86. The summed E-state index contributed by atoms with van der Waals surface area (Å²) in [5.41, 5.74) is 0. The predicted octanol–water partition coefficient (Wildman–Crippen LogP) is 2.21.